The molecule has 0 fully saturated rings. The van der Waals surface area contributed by atoms with Gasteiger partial charge in [0, 0.05) is 18.3 Å². The van der Waals surface area contributed by atoms with Gasteiger partial charge in [0.2, 0.25) is 0 Å². The fourth-order valence-electron chi connectivity index (χ4n) is 1.02. The molecule has 6 heteroatoms. The highest BCUT2D eigenvalue weighted by molar-refractivity contribution is 6.29. The third-order valence-electron chi connectivity index (χ3n) is 1.71. The van der Waals surface area contributed by atoms with E-state index >= 15 is 0 Å². The first kappa shape index (κ1) is 11.9. The normalized spacial score (nSPS) is 12.1. The lowest BCUT2D eigenvalue weighted by Gasteiger charge is -2.04. The zero-order chi connectivity index (χ0) is 11.3. The second-order valence-electron chi connectivity index (χ2n) is 3.00. The van der Waals surface area contributed by atoms with E-state index in [0.717, 1.165) is 5.56 Å². The Morgan fingerprint density at radius 1 is 1.53 bits per heavy atom. The van der Waals surface area contributed by atoms with Gasteiger partial charge in [-0.1, -0.05) is 22.9 Å². The van der Waals surface area contributed by atoms with Gasteiger partial charge < -0.3 is 5.73 Å². The molecule has 0 radical (unpaired) electrons. The molecule has 1 aromatic rings. The average Bonchev–Trinajstić information content (AvgIpc) is 2.19. The fourth-order valence-corrected chi connectivity index (χ4v) is 1.13. The van der Waals surface area contributed by atoms with Crippen molar-refractivity contribution in [3.8, 4) is 0 Å². The van der Waals surface area contributed by atoms with Crippen LogP contribution in [0.25, 0.3) is 0 Å². The molecule has 4 N–H and O–H groups in total. The van der Waals surface area contributed by atoms with Crippen LogP contribution in [0.1, 0.15) is 5.56 Å². The van der Waals surface area contributed by atoms with Crippen molar-refractivity contribution in [3.05, 3.63) is 40.8 Å². The SMILES string of the molecule is N/C(=C\CN(O)O)Cc1ccc(Cl)nc1. The fraction of sp³-hybridized carbons (Fsp3) is 0.222. The molecule has 0 saturated heterocycles. The average molecular weight is 230 g/mol. The Hall–Kier alpha value is -1.14. The first-order chi connectivity index (χ1) is 7.08. The van der Waals surface area contributed by atoms with E-state index in [2.05, 4.69) is 4.98 Å². The van der Waals surface area contributed by atoms with Gasteiger partial charge in [-0.15, -0.1) is 0 Å². The molecule has 1 aromatic heterocycles. The van der Waals surface area contributed by atoms with Crippen molar-refractivity contribution in [1.82, 2.24) is 10.2 Å². The first-order valence-corrected chi connectivity index (χ1v) is 4.66. The molecule has 0 aliphatic heterocycles. The van der Waals surface area contributed by atoms with E-state index in [9.17, 15) is 0 Å². The van der Waals surface area contributed by atoms with Crippen molar-refractivity contribution < 1.29 is 10.4 Å². The maximum absolute atomic E-state index is 8.46. The summed E-state index contributed by atoms with van der Waals surface area (Å²) >= 11 is 5.62. The third-order valence-corrected chi connectivity index (χ3v) is 1.94. The topological polar surface area (TPSA) is 82.6 Å². The van der Waals surface area contributed by atoms with Crippen LogP contribution in [-0.4, -0.2) is 27.2 Å². The number of halogens is 1. The smallest absolute Gasteiger partial charge is 0.129 e. The number of rotatable bonds is 4. The lowest BCUT2D eigenvalue weighted by molar-refractivity contribution is -0.299. The highest BCUT2D eigenvalue weighted by Gasteiger charge is 1.97. The molecule has 0 unspecified atom stereocenters. The summed E-state index contributed by atoms with van der Waals surface area (Å²) in [5.41, 5.74) is 7.09. The van der Waals surface area contributed by atoms with Gasteiger partial charge in [-0.3, -0.25) is 10.4 Å². The van der Waals surface area contributed by atoms with E-state index in [1.807, 2.05) is 6.07 Å². The summed E-state index contributed by atoms with van der Waals surface area (Å²) in [7, 11) is 0. The second kappa shape index (κ2) is 5.67. The second-order valence-corrected chi connectivity index (χ2v) is 3.39. The zero-order valence-electron chi connectivity index (χ0n) is 7.97. The Balaban J connectivity index is 2.54. The number of nitrogens with two attached hydrogens (primary N) is 1. The Bertz CT molecular complexity index is 338. The molecule has 0 bridgehead atoms. The first-order valence-electron chi connectivity index (χ1n) is 4.28. The number of aromatic nitrogens is 1. The summed E-state index contributed by atoms with van der Waals surface area (Å²) in [5.74, 6) is 0. The molecule has 82 valence electrons. The quantitative estimate of drug-likeness (QED) is 0.534. The Labute approximate surface area is 92.3 Å². The lowest BCUT2D eigenvalue weighted by Crippen LogP contribution is -2.15. The molecule has 0 amide bonds. The Morgan fingerprint density at radius 3 is 2.80 bits per heavy atom. The molecule has 5 nitrogen and oxygen atoms in total. The third kappa shape index (κ3) is 4.75. The van der Waals surface area contributed by atoms with Gasteiger partial charge in [0.1, 0.15) is 5.15 Å². The largest absolute Gasteiger partial charge is 0.402 e. The van der Waals surface area contributed by atoms with Gasteiger partial charge in [0.25, 0.3) is 0 Å². The van der Waals surface area contributed by atoms with Gasteiger partial charge in [-0.05, 0) is 17.7 Å². The number of allylic oxidation sites excluding steroid dienone is 1. The van der Waals surface area contributed by atoms with Crippen molar-refractivity contribution in [2.75, 3.05) is 6.54 Å². The van der Waals surface area contributed by atoms with Crippen LogP contribution in [0.15, 0.2) is 30.1 Å². The number of nitrogens with zero attached hydrogens (tertiary/aromatic N) is 2. The van der Waals surface area contributed by atoms with Crippen molar-refractivity contribution >= 4 is 11.6 Å². The zero-order valence-corrected chi connectivity index (χ0v) is 8.72. The van der Waals surface area contributed by atoms with Crippen LogP contribution in [0.3, 0.4) is 0 Å². The van der Waals surface area contributed by atoms with E-state index in [1.165, 1.54) is 6.08 Å². The molecular weight excluding hydrogens is 218 g/mol. The van der Waals surface area contributed by atoms with Crippen LogP contribution in [0.2, 0.25) is 5.15 Å². The van der Waals surface area contributed by atoms with Crippen LogP contribution in [-0.2, 0) is 6.42 Å². The minimum Gasteiger partial charge on any atom is -0.402 e. The predicted octanol–water partition coefficient (Wildman–Crippen LogP) is 1.20. The van der Waals surface area contributed by atoms with Gasteiger partial charge in [-0.25, -0.2) is 4.98 Å². The van der Waals surface area contributed by atoms with Gasteiger partial charge in [0.15, 0.2) is 0 Å². The summed E-state index contributed by atoms with van der Waals surface area (Å²) in [6.45, 7) is -0.0349. The van der Waals surface area contributed by atoms with Crippen molar-refractivity contribution in [2.45, 2.75) is 6.42 Å². The molecule has 1 rings (SSSR count). The van der Waals surface area contributed by atoms with Crippen molar-refractivity contribution in [2.24, 2.45) is 5.73 Å². The molecule has 0 aromatic carbocycles. The van der Waals surface area contributed by atoms with E-state index in [1.54, 1.807) is 12.3 Å². The maximum atomic E-state index is 8.46. The van der Waals surface area contributed by atoms with E-state index in [-0.39, 0.29) is 11.8 Å². The number of hydrogen-bond donors (Lipinski definition) is 3. The van der Waals surface area contributed by atoms with Crippen LogP contribution in [0, 0.1) is 0 Å². The van der Waals surface area contributed by atoms with E-state index in [0.29, 0.717) is 17.3 Å². The predicted molar refractivity (Wildman–Crippen MR) is 55.5 cm³/mol. The summed E-state index contributed by atoms with van der Waals surface area (Å²) in [6, 6.07) is 3.49. The van der Waals surface area contributed by atoms with E-state index in [4.69, 9.17) is 27.7 Å². The maximum Gasteiger partial charge on any atom is 0.129 e. The van der Waals surface area contributed by atoms with Crippen LogP contribution >= 0.6 is 11.6 Å². The summed E-state index contributed by atoms with van der Waals surface area (Å²) in [4.78, 5) is 3.90. The van der Waals surface area contributed by atoms with Gasteiger partial charge in [-0.2, -0.15) is 0 Å². The minimum absolute atomic E-state index is 0.0349. The summed E-state index contributed by atoms with van der Waals surface area (Å²) < 4.78 is 0. The van der Waals surface area contributed by atoms with Crippen LogP contribution in [0.5, 0.6) is 0 Å². The molecule has 0 spiro atoms. The molecule has 0 aliphatic carbocycles. The highest BCUT2D eigenvalue weighted by atomic mass is 35.5. The van der Waals surface area contributed by atoms with Crippen LogP contribution < -0.4 is 5.73 Å². The number of hydroxylamine groups is 2. The molecule has 1 heterocycles. The number of pyridine rings is 1. The number of hydrogen-bond acceptors (Lipinski definition) is 5. The Morgan fingerprint density at radius 2 is 2.27 bits per heavy atom. The monoisotopic (exact) mass is 229 g/mol. The standard InChI is InChI=1S/C9H12ClN3O2/c10-9-2-1-7(6-12-9)5-8(11)3-4-13(14)15/h1-3,6,14-15H,4-5,11H2/b8-3-. The molecule has 0 aliphatic rings. The van der Waals surface area contributed by atoms with Gasteiger partial charge >= 0.3 is 0 Å². The molecule has 0 saturated carbocycles. The van der Waals surface area contributed by atoms with Crippen molar-refractivity contribution in [3.63, 3.8) is 0 Å². The Kier molecular flexibility index (Phi) is 4.51. The van der Waals surface area contributed by atoms with Gasteiger partial charge in [0.05, 0.1) is 6.54 Å². The van der Waals surface area contributed by atoms with E-state index < -0.39 is 0 Å². The molecular formula is C9H12ClN3O2. The highest BCUT2D eigenvalue weighted by Crippen LogP contribution is 2.07. The molecule has 15 heavy (non-hydrogen) atoms. The van der Waals surface area contributed by atoms with Crippen LogP contribution in [0.4, 0.5) is 0 Å². The summed E-state index contributed by atoms with van der Waals surface area (Å²) in [5, 5.41) is 17.4. The summed E-state index contributed by atoms with van der Waals surface area (Å²) in [6.07, 6.45) is 3.63. The minimum atomic E-state index is -0.0349. The lowest BCUT2D eigenvalue weighted by atomic mass is 10.1. The molecule has 0 atom stereocenters. The van der Waals surface area contributed by atoms with Crippen molar-refractivity contribution in [1.29, 1.82) is 0 Å².